The lowest BCUT2D eigenvalue weighted by Crippen LogP contribution is -2.42. The molecule has 0 spiro atoms. The first kappa shape index (κ1) is 15.4. The van der Waals surface area contributed by atoms with Gasteiger partial charge >= 0.3 is 6.09 Å². The molecular formula is C17H26N2O4. The Bertz CT molecular complexity index is 497. The fourth-order valence-corrected chi connectivity index (χ4v) is 4.61. The standard InChI is InChI=1S/C17H26N2O4/c1-12-7-17(2)4-3-13(19(17)8-12)11-23-16(20)18-9-14-15(10-18)22-6-5-21-14/h13-15H,1,3-11H2,2H3. The highest BCUT2D eigenvalue weighted by Crippen LogP contribution is 2.43. The Morgan fingerprint density at radius 2 is 2.04 bits per heavy atom. The van der Waals surface area contributed by atoms with Crippen molar-refractivity contribution >= 4 is 6.09 Å². The van der Waals surface area contributed by atoms with Gasteiger partial charge in [0.25, 0.3) is 0 Å². The van der Waals surface area contributed by atoms with Gasteiger partial charge in [-0.15, -0.1) is 0 Å². The van der Waals surface area contributed by atoms with Gasteiger partial charge in [-0.05, 0) is 26.2 Å². The molecule has 23 heavy (non-hydrogen) atoms. The smallest absolute Gasteiger partial charge is 0.409 e. The molecule has 0 aromatic carbocycles. The first-order valence-corrected chi connectivity index (χ1v) is 8.63. The molecule has 6 nitrogen and oxygen atoms in total. The second-order valence-electron chi connectivity index (χ2n) is 7.54. The van der Waals surface area contributed by atoms with Gasteiger partial charge in [0.15, 0.2) is 0 Å². The molecule has 0 aliphatic carbocycles. The van der Waals surface area contributed by atoms with Crippen LogP contribution in [0.25, 0.3) is 0 Å². The lowest BCUT2D eigenvalue weighted by atomic mass is 9.95. The maximum atomic E-state index is 12.3. The molecule has 4 heterocycles. The minimum absolute atomic E-state index is 0.00739. The molecule has 4 aliphatic heterocycles. The van der Waals surface area contributed by atoms with E-state index in [1.807, 2.05) is 0 Å². The molecule has 0 N–H and O–H groups in total. The summed E-state index contributed by atoms with van der Waals surface area (Å²) in [5.41, 5.74) is 1.51. The second kappa shape index (κ2) is 5.76. The van der Waals surface area contributed by atoms with Crippen molar-refractivity contribution in [2.24, 2.45) is 0 Å². The van der Waals surface area contributed by atoms with Crippen LogP contribution in [0.5, 0.6) is 0 Å². The van der Waals surface area contributed by atoms with Crippen molar-refractivity contribution in [3.8, 4) is 0 Å². The second-order valence-corrected chi connectivity index (χ2v) is 7.54. The number of hydrogen-bond donors (Lipinski definition) is 0. The van der Waals surface area contributed by atoms with Gasteiger partial charge in [0, 0.05) is 18.1 Å². The number of amides is 1. The van der Waals surface area contributed by atoms with Crippen LogP contribution in [0.3, 0.4) is 0 Å². The summed E-state index contributed by atoms with van der Waals surface area (Å²) >= 11 is 0. The van der Waals surface area contributed by atoms with Crippen LogP contribution in [0.15, 0.2) is 12.2 Å². The van der Waals surface area contributed by atoms with E-state index in [0.29, 0.717) is 39.0 Å². The number of carbonyl (C=O) groups excluding carboxylic acids is 1. The van der Waals surface area contributed by atoms with E-state index in [0.717, 1.165) is 25.8 Å². The van der Waals surface area contributed by atoms with Crippen molar-refractivity contribution in [3.63, 3.8) is 0 Å². The average Bonchev–Trinajstić information content (AvgIpc) is 3.15. The van der Waals surface area contributed by atoms with E-state index in [9.17, 15) is 4.79 Å². The van der Waals surface area contributed by atoms with E-state index >= 15 is 0 Å². The molecule has 4 unspecified atom stereocenters. The molecule has 0 aromatic heterocycles. The largest absolute Gasteiger partial charge is 0.448 e. The van der Waals surface area contributed by atoms with Gasteiger partial charge in [-0.2, -0.15) is 0 Å². The third kappa shape index (κ3) is 2.77. The number of carbonyl (C=O) groups is 1. The molecule has 0 aromatic rings. The topological polar surface area (TPSA) is 51.2 Å². The van der Waals surface area contributed by atoms with Crippen molar-refractivity contribution in [1.29, 1.82) is 0 Å². The molecule has 1 amide bonds. The van der Waals surface area contributed by atoms with Crippen LogP contribution >= 0.6 is 0 Å². The first-order chi connectivity index (χ1) is 11.0. The van der Waals surface area contributed by atoms with E-state index in [4.69, 9.17) is 14.2 Å². The predicted octanol–water partition coefficient (Wildman–Crippen LogP) is 1.41. The number of hydrogen-bond acceptors (Lipinski definition) is 5. The number of likely N-dealkylation sites (tertiary alicyclic amines) is 1. The zero-order chi connectivity index (χ0) is 16.0. The van der Waals surface area contributed by atoms with Gasteiger partial charge in [0.1, 0.15) is 18.8 Å². The molecule has 0 bridgehead atoms. The van der Waals surface area contributed by atoms with E-state index < -0.39 is 0 Å². The summed E-state index contributed by atoms with van der Waals surface area (Å²) in [4.78, 5) is 16.5. The SMILES string of the molecule is C=C1CN2C(COC(=O)N3CC4OCCOC4C3)CCC2(C)C1. The Labute approximate surface area is 137 Å². The Kier molecular flexibility index (Phi) is 3.86. The van der Waals surface area contributed by atoms with Gasteiger partial charge < -0.3 is 19.1 Å². The molecule has 4 saturated heterocycles. The Morgan fingerprint density at radius 1 is 1.35 bits per heavy atom. The number of fused-ring (bicyclic) bond motifs is 2. The highest BCUT2D eigenvalue weighted by Gasteiger charge is 2.47. The van der Waals surface area contributed by atoms with Gasteiger partial charge in [0.05, 0.1) is 26.3 Å². The predicted molar refractivity (Wildman–Crippen MR) is 84.3 cm³/mol. The minimum Gasteiger partial charge on any atom is -0.448 e. The molecule has 4 fully saturated rings. The lowest BCUT2D eigenvalue weighted by molar-refractivity contribution is -0.116. The van der Waals surface area contributed by atoms with E-state index in [1.165, 1.54) is 5.57 Å². The third-order valence-electron chi connectivity index (χ3n) is 5.80. The fraction of sp³-hybridized carbons (Fsp3) is 0.824. The monoisotopic (exact) mass is 322 g/mol. The normalized spacial score (nSPS) is 40.3. The zero-order valence-corrected chi connectivity index (χ0v) is 13.8. The molecule has 128 valence electrons. The summed E-state index contributed by atoms with van der Waals surface area (Å²) in [5.74, 6) is 0. The van der Waals surface area contributed by atoms with Crippen molar-refractivity contribution in [2.75, 3.05) is 39.5 Å². The van der Waals surface area contributed by atoms with Crippen LogP contribution in [-0.2, 0) is 14.2 Å². The number of nitrogens with zero attached hydrogens (tertiary/aromatic N) is 2. The van der Waals surface area contributed by atoms with Crippen LogP contribution in [-0.4, -0.2) is 79.1 Å². The van der Waals surface area contributed by atoms with Crippen molar-refractivity contribution in [2.45, 2.75) is 50.0 Å². The zero-order valence-electron chi connectivity index (χ0n) is 13.8. The summed E-state index contributed by atoms with van der Waals surface area (Å²) in [5, 5.41) is 0. The van der Waals surface area contributed by atoms with Gasteiger partial charge in [0.2, 0.25) is 0 Å². The molecule has 4 rings (SSSR count). The van der Waals surface area contributed by atoms with Gasteiger partial charge in [-0.25, -0.2) is 4.79 Å². The van der Waals surface area contributed by atoms with Crippen molar-refractivity contribution < 1.29 is 19.0 Å². The van der Waals surface area contributed by atoms with Crippen LogP contribution in [0.1, 0.15) is 26.2 Å². The molecule has 0 radical (unpaired) electrons. The molecule has 4 atom stereocenters. The Balaban J connectivity index is 1.30. The molecular weight excluding hydrogens is 296 g/mol. The van der Waals surface area contributed by atoms with Crippen LogP contribution in [0, 0.1) is 0 Å². The lowest BCUT2D eigenvalue weighted by Gasteiger charge is -2.31. The fourth-order valence-electron chi connectivity index (χ4n) is 4.61. The van der Waals surface area contributed by atoms with Crippen molar-refractivity contribution in [3.05, 3.63) is 12.2 Å². The molecule has 0 saturated carbocycles. The van der Waals surface area contributed by atoms with E-state index in [1.54, 1.807) is 4.90 Å². The quantitative estimate of drug-likeness (QED) is 0.720. The average molecular weight is 322 g/mol. The summed E-state index contributed by atoms with van der Waals surface area (Å²) in [6, 6.07) is 0.320. The Morgan fingerprint density at radius 3 is 2.74 bits per heavy atom. The first-order valence-electron chi connectivity index (χ1n) is 8.63. The summed E-state index contributed by atoms with van der Waals surface area (Å²) in [6.45, 7) is 10.2. The van der Waals surface area contributed by atoms with E-state index in [-0.39, 0.29) is 23.8 Å². The summed E-state index contributed by atoms with van der Waals surface area (Å²) < 4.78 is 16.9. The van der Waals surface area contributed by atoms with Crippen LogP contribution in [0.4, 0.5) is 4.79 Å². The number of ether oxygens (including phenoxy) is 3. The van der Waals surface area contributed by atoms with Gasteiger partial charge in [-0.3, -0.25) is 4.90 Å². The van der Waals surface area contributed by atoms with Crippen LogP contribution in [0.2, 0.25) is 0 Å². The Hall–Kier alpha value is -1.11. The highest BCUT2D eigenvalue weighted by molar-refractivity contribution is 5.68. The minimum atomic E-state index is -0.238. The van der Waals surface area contributed by atoms with E-state index in [2.05, 4.69) is 18.4 Å². The number of rotatable bonds is 2. The van der Waals surface area contributed by atoms with Crippen molar-refractivity contribution in [1.82, 2.24) is 9.80 Å². The summed E-state index contributed by atoms with van der Waals surface area (Å²) in [6.07, 6.45) is 3.10. The van der Waals surface area contributed by atoms with Crippen LogP contribution < -0.4 is 0 Å². The maximum absolute atomic E-state index is 12.3. The maximum Gasteiger partial charge on any atom is 0.409 e. The molecule has 6 heteroatoms. The molecule has 4 aliphatic rings. The third-order valence-corrected chi connectivity index (χ3v) is 5.80. The highest BCUT2D eigenvalue weighted by atomic mass is 16.6. The van der Waals surface area contributed by atoms with Gasteiger partial charge in [-0.1, -0.05) is 12.2 Å². The summed E-state index contributed by atoms with van der Waals surface area (Å²) in [7, 11) is 0.